The van der Waals surface area contributed by atoms with Crippen LogP contribution < -0.4 is 9.46 Å². The van der Waals surface area contributed by atoms with Crippen LogP contribution in [-0.2, 0) is 16.6 Å². The van der Waals surface area contributed by atoms with Gasteiger partial charge in [0.2, 0.25) is 0 Å². The van der Waals surface area contributed by atoms with E-state index in [4.69, 9.17) is 4.74 Å². The summed E-state index contributed by atoms with van der Waals surface area (Å²) >= 11 is 0. The first-order valence-electron chi connectivity index (χ1n) is 7.20. The zero-order chi connectivity index (χ0) is 16.8. The van der Waals surface area contributed by atoms with Crippen LogP contribution in [0.3, 0.4) is 0 Å². The predicted octanol–water partition coefficient (Wildman–Crippen LogP) is 2.86. The summed E-state index contributed by atoms with van der Waals surface area (Å²) in [6, 6.07) is 16.0. The maximum atomic E-state index is 12.4. The normalized spacial score (nSPS) is 11.0. The molecule has 0 aliphatic heterocycles. The highest BCUT2D eigenvalue weighted by Gasteiger charge is 2.17. The van der Waals surface area contributed by atoms with E-state index in [2.05, 4.69) is 14.7 Å². The maximum Gasteiger partial charge on any atom is 0.264 e. The second-order valence-corrected chi connectivity index (χ2v) is 6.60. The topological polar surface area (TPSA) is 81.2 Å². The third-order valence-electron chi connectivity index (χ3n) is 3.18. The van der Waals surface area contributed by atoms with Gasteiger partial charge < -0.3 is 4.74 Å². The summed E-state index contributed by atoms with van der Waals surface area (Å²) in [5.41, 5.74) is 0.974. The molecule has 2 aromatic heterocycles. The van der Waals surface area contributed by atoms with Crippen molar-refractivity contribution in [2.24, 2.45) is 0 Å². The Hall–Kier alpha value is -2.93. The summed E-state index contributed by atoms with van der Waals surface area (Å²) in [5.74, 6) is 0.492. The van der Waals surface area contributed by atoms with Crippen molar-refractivity contribution < 1.29 is 13.2 Å². The van der Waals surface area contributed by atoms with E-state index in [0.717, 1.165) is 5.56 Å². The van der Waals surface area contributed by atoms with Gasteiger partial charge in [-0.1, -0.05) is 30.3 Å². The number of rotatable bonds is 6. The lowest BCUT2D eigenvalue weighted by Gasteiger charge is -2.12. The monoisotopic (exact) mass is 341 g/mol. The minimum absolute atomic E-state index is 0.0599. The molecule has 0 atom stereocenters. The third kappa shape index (κ3) is 3.88. The smallest absolute Gasteiger partial charge is 0.264 e. The van der Waals surface area contributed by atoms with Gasteiger partial charge in [0.15, 0.2) is 11.6 Å². The fraction of sp³-hybridized carbons (Fsp3) is 0.0588. The van der Waals surface area contributed by atoms with Crippen molar-refractivity contribution in [1.29, 1.82) is 0 Å². The third-order valence-corrected chi connectivity index (χ3v) is 4.51. The fourth-order valence-corrected chi connectivity index (χ4v) is 2.99. The molecule has 0 radical (unpaired) electrons. The molecular weight excluding hydrogens is 326 g/mol. The van der Waals surface area contributed by atoms with Crippen molar-refractivity contribution >= 4 is 15.8 Å². The van der Waals surface area contributed by atoms with Crippen LogP contribution in [0.1, 0.15) is 5.56 Å². The van der Waals surface area contributed by atoms with Gasteiger partial charge in [0.05, 0.1) is 0 Å². The molecule has 2 heterocycles. The largest absolute Gasteiger partial charge is 0.485 e. The van der Waals surface area contributed by atoms with E-state index >= 15 is 0 Å². The van der Waals surface area contributed by atoms with E-state index in [1.54, 1.807) is 18.2 Å². The number of anilines is 1. The van der Waals surface area contributed by atoms with Crippen LogP contribution in [0.2, 0.25) is 0 Å². The van der Waals surface area contributed by atoms with Gasteiger partial charge in [-0.15, -0.1) is 0 Å². The first kappa shape index (κ1) is 15.9. The molecule has 122 valence electrons. The van der Waals surface area contributed by atoms with Crippen LogP contribution in [-0.4, -0.2) is 18.4 Å². The minimum Gasteiger partial charge on any atom is -0.485 e. The zero-order valence-corrected chi connectivity index (χ0v) is 13.5. The second kappa shape index (κ2) is 7.10. The van der Waals surface area contributed by atoms with Crippen molar-refractivity contribution in [2.75, 3.05) is 4.72 Å². The summed E-state index contributed by atoms with van der Waals surface area (Å²) in [7, 11) is -3.77. The highest BCUT2D eigenvalue weighted by molar-refractivity contribution is 7.92. The predicted molar refractivity (Wildman–Crippen MR) is 90.1 cm³/mol. The first-order valence-corrected chi connectivity index (χ1v) is 8.68. The minimum atomic E-state index is -3.77. The molecule has 0 aliphatic carbocycles. The molecule has 24 heavy (non-hydrogen) atoms. The number of nitrogens with zero attached hydrogens (tertiary/aromatic N) is 2. The Labute approximate surface area is 140 Å². The summed E-state index contributed by atoms with van der Waals surface area (Å²) in [6.07, 6.45) is 4.28. The molecule has 7 heteroatoms. The SMILES string of the molecule is O=S(=O)(Nc1ncccc1OCc1ccccc1)c1cccnc1. The van der Waals surface area contributed by atoms with Gasteiger partial charge in [-0.2, -0.15) is 0 Å². The van der Waals surface area contributed by atoms with E-state index in [9.17, 15) is 8.42 Å². The number of nitrogens with one attached hydrogen (secondary N) is 1. The molecule has 0 unspecified atom stereocenters. The van der Waals surface area contributed by atoms with E-state index in [-0.39, 0.29) is 10.7 Å². The number of aromatic nitrogens is 2. The van der Waals surface area contributed by atoms with Gasteiger partial charge in [-0.25, -0.2) is 13.4 Å². The maximum absolute atomic E-state index is 12.4. The fourth-order valence-electron chi connectivity index (χ4n) is 2.01. The Morgan fingerprint density at radius 2 is 1.75 bits per heavy atom. The molecule has 0 fully saturated rings. The molecule has 0 amide bonds. The Balaban J connectivity index is 1.79. The highest BCUT2D eigenvalue weighted by Crippen LogP contribution is 2.24. The molecule has 1 aromatic carbocycles. The van der Waals surface area contributed by atoms with Crippen molar-refractivity contribution in [1.82, 2.24) is 9.97 Å². The van der Waals surface area contributed by atoms with Crippen LogP contribution in [0.4, 0.5) is 5.82 Å². The van der Waals surface area contributed by atoms with E-state index in [1.165, 1.54) is 24.7 Å². The number of pyridine rings is 2. The number of ether oxygens (including phenoxy) is 1. The number of hydrogen-bond donors (Lipinski definition) is 1. The van der Waals surface area contributed by atoms with E-state index < -0.39 is 10.0 Å². The average molecular weight is 341 g/mol. The van der Waals surface area contributed by atoms with Crippen LogP contribution >= 0.6 is 0 Å². The van der Waals surface area contributed by atoms with E-state index in [1.807, 2.05) is 30.3 Å². The van der Waals surface area contributed by atoms with Crippen molar-refractivity contribution in [3.8, 4) is 5.75 Å². The Kier molecular flexibility index (Phi) is 4.72. The van der Waals surface area contributed by atoms with Crippen molar-refractivity contribution in [3.05, 3.63) is 78.8 Å². The van der Waals surface area contributed by atoms with Crippen LogP contribution in [0.25, 0.3) is 0 Å². The zero-order valence-electron chi connectivity index (χ0n) is 12.7. The first-order chi connectivity index (χ1) is 11.6. The molecule has 6 nitrogen and oxygen atoms in total. The van der Waals surface area contributed by atoms with Gasteiger partial charge in [0.1, 0.15) is 11.5 Å². The van der Waals surface area contributed by atoms with Crippen LogP contribution in [0, 0.1) is 0 Å². The van der Waals surface area contributed by atoms with Gasteiger partial charge in [-0.05, 0) is 29.8 Å². The molecule has 0 saturated carbocycles. The van der Waals surface area contributed by atoms with Gasteiger partial charge in [0, 0.05) is 18.6 Å². The number of hydrogen-bond acceptors (Lipinski definition) is 5. The lowest BCUT2D eigenvalue weighted by molar-refractivity contribution is 0.307. The molecule has 3 aromatic rings. The molecule has 0 spiro atoms. The molecule has 1 N–H and O–H groups in total. The lowest BCUT2D eigenvalue weighted by atomic mass is 10.2. The standard InChI is InChI=1S/C17H15N3O3S/c21-24(22,15-8-4-10-18-12-15)20-17-16(9-5-11-19-17)23-13-14-6-2-1-3-7-14/h1-12H,13H2,(H,19,20). The molecule has 0 bridgehead atoms. The average Bonchev–Trinajstić information content (AvgIpc) is 2.62. The quantitative estimate of drug-likeness (QED) is 0.745. The number of benzene rings is 1. The molecule has 0 aliphatic rings. The van der Waals surface area contributed by atoms with Crippen LogP contribution in [0.15, 0.2) is 78.1 Å². The highest BCUT2D eigenvalue weighted by atomic mass is 32.2. The lowest BCUT2D eigenvalue weighted by Crippen LogP contribution is -2.15. The second-order valence-electron chi connectivity index (χ2n) is 4.92. The molecule has 0 saturated heterocycles. The van der Waals surface area contributed by atoms with Crippen LogP contribution in [0.5, 0.6) is 5.75 Å². The summed E-state index contributed by atoms with van der Waals surface area (Å²) in [4.78, 5) is 7.95. The summed E-state index contributed by atoms with van der Waals surface area (Å²) < 4.78 is 32.9. The summed E-state index contributed by atoms with van der Waals surface area (Å²) in [6.45, 7) is 0.314. The Morgan fingerprint density at radius 3 is 2.50 bits per heavy atom. The molecular formula is C17H15N3O3S. The van der Waals surface area contributed by atoms with Gasteiger partial charge >= 0.3 is 0 Å². The Bertz CT molecular complexity index is 901. The van der Waals surface area contributed by atoms with Gasteiger partial charge in [-0.3, -0.25) is 9.71 Å². The van der Waals surface area contributed by atoms with Crippen molar-refractivity contribution in [3.63, 3.8) is 0 Å². The molecule has 3 rings (SSSR count). The van der Waals surface area contributed by atoms with E-state index in [0.29, 0.717) is 12.4 Å². The van der Waals surface area contributed by atoms with Gasteiger partial charge in [0.25, 0.3) is 10.0 Å². The van der Waals surface area contributed by atoms with Crippen molar-refractivity contribution in [2.45, 2.75) is 11.5 Å². The number of sulfonamides is 1. The summed E-state index contributed by atoms with van der Waals surface area (Å²) in [5, 5.41) is 0. The Morgan fingerprint density at radius 1 is 0.958 bits per heavy atom.